The van der Waals surface area contributed by atoms with Crippen molar-refractivity contribution in [2.45, 2.75) is 12.6 Å². The standard InChI is InChI=1S/C11H14Br2N2O2S/c1-18-5-9(11(16)17)15-4-6-2-7(12)3-8(13)10(6)14/h2-3,9,15H,4-5,14H2,1H3,(H,16,17)/t9-/m0/s1. The minimum absolute atomic E-state index is 0.418. The number of carboxylic acid groups (broad SMARTS) is 1. The minimum atomic E-state index is -0.850. The lowest BCUT2D eigenvalue weighted by Gasteiger charge is -2.15. The molecule has 1 atom stereocenters. The number of halogens is 2. The molecule has 0 spiro atoms. The zero-order valence-electron chi connectivity index (χ0n) is 9.74. The highest BCUT2D eigenvalue weighted by atomic mass is 79.9. The van der Waals surface area contributed by atoms with Crippen molar-refractivity contribution in [1.29, 1.82) is 0 Å². The molecule has 1 rings (SSSR count). The number of nitrogen functional groups attached to an aromatic ring is 1. The van der Waals surface area contributed by atoms with Crippen LogP contribution in [0.3, 0.4) is 0 Å². The van der Waals surface area contributed by atoms with Gasteiger partial charge in [0.05, 0.1) is 5.69 Å². The Labute approximate surface area is 127 Å². The van der Waals surface area contributed by atoms with Gasteiger partial charge in [0.25, 0.3) is 0 Å². The monoisotopic (exact) mass is 396 g/mol. The van der Waals surface area contributed by atoms with Crippen molar-refractivity contribution in [2.24, 2.45) is 0 Å². The van der Waals surface area contributed by atoms with Gasteiger partial charge < -0.3 is 10.8 Å². The maximum Gasteiger partial charge on any atom is 0.321 e. The zero-order valence-corrected chi connectivity index (χ0v) is 13.7. The lowest BCUT2D eigenvalue weighted by atomic mass is 10.1. The molecule has 0 saturated heterocycles. The number of nitrogens with one attached hydrogen (secondary N) is 1. The predicted molar refractivity (Wildman–Crippen MR) is 82.9 cm³/mol. The van der Waals surface area contributed by atoms with Crippen molar-refractivity contribution in [2.75, 3.05) is 17.7 Å². The van der Waals surface area contributed by atoms with E-state index in [9.17, 15) is 4.79 Å². The lowest BCUT2D eigenvalue weighted by Crippen LogP contribution is -2.38. The van der Waals surface area contributed by atoms with Crippen molar-refractivity contribution < 1.29 is 9.90 Å². The Hall–Kier alpha value is -0.240. The SMILES string of the molecule is CSC[C@H](NCc1cc(Br)cc(Br)c1N)C(=O)O. The van der Waals surface area contributed by atoms with Crippen molar-refractivity contribution in [3.05, 3.63) is 26.6 Å². The Morgan fingerprint density at radius 3 is 2.78 bits per heavy atom. The number of hydrogen-bond donors (Lipinski definition) is 3. The molecule has 0 radical (unpaired) electrons. The van der Waals surface area contributed by atoms with Crippen molar-refractivity contribution in [3.8, 4) is 0 Å². The highest BCUT2D eigenvalue weighted by molar-refractivity contribution is 9.11. The average Bonchev–Trinajstić information content (AvgIpc) is 2.29. The molecule has 1 aromatic rings. The maximum atomic E-state index is 11.0. The van der Waals surface area contributed by atoms with Crippen LogP contribution >= 0.6 is 43.6 Å². The molecule has 0 unspecified atom stereocenters. The van der Waals surface area contributed by atoms with Gasteiger partial charge in [-0.3, -0.25) is 10.1 Å². The third kappa shape index (κ3) is 4.46. The van der Waals surface area contributed by atoms with Gasteiger partial charge >= 0.3 is 5.97 Å². The molecule has 100 valence electrons. The summed E-state index contributed by atoms with van der Waals surface area (Å²) in [7, 11) is 0. The van der Waals surface area contributed by atoms with Gasteiger partial charge in [-0.15, -0.1) is 0 Å². The first kappa shape index (κ1) is 15.8. The van der Waals surface area contributed by atoms with Gasteiger partial charge in [0, 0.05) is 21.2 Å². The van der Waals surface area contributed by atoms with E-state index in [1.807, 2.05) is 18.4 Å². The van der Waals surface area contributed by atoms with E-state index < -0.39 is 12.0 Å². The van der Waals surface area contributed by atoms with Crippen molar-refractivity contribution in [1.82, 2.24) is 5.32 Å². The fourth-order valence-electron chi connectivity index (χ4n) is 1.40. The molecule has 4 nitrogen and oxygen atoms in total. The molecule has 0 fully saturated rings. The van der Waals surface area contributed by atoms with Gasteiger partial charge in [-0.25, -0.2) is 0 Å². The first-order chi connectivity index (χ1) is 8.45. The average molecular weight is 398 g/mol. The molecule has 4 N–H and O–H groups in total. The van der Waals surface area contributed by atoms with E-state index in [-0.39, 0.29) is 0 Å². The molecule has 0 heterocycles. The number of thioether (sulfide) groups is 1. The molecule has 0 amide bonds. The third-order valence-corrected chi connectivity index (χ3v) is 4.13. The molecule has 18 heavy (non-hydrogen) atoms. The molecular weight excluding hydrogens is 384 g/mol. The van der Waals surface area contributed by atoms with Crippen molar-refractivity contribution in [3.63, 3.8) is 0 Å². The Kier molecular flexibility index (Phi) is 6.48. The van der Waals surface area contributed by atoms with Crippen LogP contribution in [0.15, 0.2) is 21.1 Å². The van der Waals surface area contributed by atoms with Crippen LogP contribution in [-0.4, -0.2) is 29.1 Å². The van der Waals surface area contributed by atoms with Crippen LogP contribution in [0.2, 0.25) is 0 Å². The summed E-state index contributed by atoms with van der Waals surface area (Å²) >= 11 is 8.23. The van der Waals surface area contributed by atoms with Crippen LogP contribution in [0.1, 0.15) is 5.56 Å². The first-order valence-electron chi connectivity index (χ1n) is 5.14. The summed E-state index contributed by atoms with van der Waals surface area (Å²) in [5.41, 5.74) is 7.42. The predicted octanol–water partition coefficient (Wildman–Crippen LogP) is 2.70. The van der Waals surface area contributed by atoms with Gasteiger partial charge in [-0.1, -0.05) is 15.9 Å². The van der Waals surface area contributed by atoms with E-state index in [1.54, 1.807) is 0 Å². The Balaban J connectivity index is 2.76. The minimum Gasteiger partial charge on any atom is -0.480 e. The summed E-state index contributed by atoms with van der Waals surface area (Å²) < 4.78 is 1.70. The van der Waals surface area contributed by atoms with Crippen LogP contribution in [0.25, 0.3) is 0 Å². The smallest absolute Gasteiger partial charge is 0.321 e. The van der Waals surface area contributed by atoms with Crippen LogP contribution in [0, 0.1) is 0 Å². The van der Waals surface area contributed by atoms with Crippen LogP contribution in [0.4, 0.5) is 5.69 Å². The summed E-state index contributed by atoms with van der Waals surface area (Å²) in [4.78, 5) is 11.0. The summed E-state index contributed by atoms with van der Waals surface area (Å²) in [5.74, 6) is -0.332. The molecular formula is C11H14Br2N2O2S. The molecule has 0 aromatic heterocycles. The first-order valence-corrected chi connectivity index (χ1v) is 8.12. The summed E-state index contributed by atoms with van der Waals surface area (Å²) in [5, 5.41) is 12.0. The van der Waals surface area contributed by atoms with Gasteiger partial charge in [0.15, 0.2) is 0 Å². The Morgan fingerprint density at radius 2 is 2.22 bits per heavy atom. The van der Waals surface area contributed by atoms with Crippen LogP contribution in [-0.2, 0) is 11.3 Å². The molecule has 0 bridgehead atoms. The van der Waals surface area contributed by atoms with Gasteiger partial charge in [-0.05, 0) is 39.9 Å². The second-order valence-electron chi connectivity index (χ2n) is 3.69. The maximum absolute atomic E-state index is 11.0. The molecule has 0 aliphatic rings. The zero-order chi connectivity index (χ0) is 13.7. The second kappa shape index (κ2) is 7.37. The number of rotatable bonds is 6. The van der Waals surface area contributed by atoms with Crippen LogP contribution < -0.4 is 11.1 Å². The summed E-state index contributed by atoms with van der Waals surface area (Å²) in [6, 6.07) is 3.16. The Morgan fingerprint density at radius 1 is 1.56 bits per heavy atom. The topological polar surface area (TPSA) is 75.3 Å². The fourth-order valence-corrected chi connectivity index (χ4v) is 3.31. The van der Waals surface area contributed by atoms with E-state index in [4.69, 9.17) is 10.8 Å². The van der Waals surface area contributed by atoms with Gasteiger partial charge in [-0.2, -0.15) is 11.8 Å². The molecule has 7 heteroatoms. The lowest BCUT2D eigenvalue weighted by molar-refractivity contribution is -0.138. The third-order valence-electron chi connectivity index (χ3n) is 2.35. The Bertz CT molecular complexity index is 443. The highest BCUT2D eigenvalue weighted by Crippen LogP contribution is 2.28. The number of hydrogen-bond acceptors (Lipinski definition) is 4. The van der Waals surface area contributed by atoms with Crippen LogP contribution in [0.5, 0.6) is 0 Å². The summed E-state index contributed by atoms with van der Waals surface area (Å²) in [6.07, 6.45) is 1.88. The largest absolute Gasteiger partial charge is 0.480 e. The molecule has 0 aliphatic carbocycles. The summed E-state index contributed by atoms with van der Waals surface area (Å²) in [6.45, 7) is 0.418. The normalized spacial score (nSPS) is 12.4. The molecule has 0 aliphatic heterocycles. The van der Waals surface area contributed by atoms with E-state index in [0.717, 1.165) is 14.5 Å². The number of carbonyl (C=O) groups is 1. The van der Waals surface area contributed by atoms with Gasteiger partial charge in [0.1, 0.15) is 6.04 Å². The number of benzene rings is 1. The fraction of sp³-hybridized carbons (Fsp3) is 0.364. The number of anilines is 1. The molecule has 0 saturated carbocycles. The quantitative estimate of drug-likeness (QED) is 0.643. The number of nitrogens with two attached hydrogens (primary N) is 1. The highest BCUT2D eigenvalue weighted by Gasteiger charge is 2.16. The van der Waals surface area contributed by atoms with Crippen molar-refractivity contribution >= 4 is 55.3 Å². The van der Waals surface area contributed by atoms with Gasteiger partial charge in [0.2, 0.25) is 0 Å². The van der Waals surface area contributed by atoms with E-state index >= 15 is 0 Å². The number of carboxylic acids is 1. The number of aliphatic carboxylic acids is 1. The van der Waals surface area contributed by atoms with E-state index in [0.29, 0.717) is 18.0 Å². The second-order valence-corrected chi connectivity index (χ2v) is 6.37. The van der Waals surface area contributed by atoms with E-state index in [1.165, 1.54) is 11.8 Å². The van der Waals surface area contributed by atoms with E-state index in [2.05, 4.69) is 37.2 Å². The molecule has 1 aromatic carbocycles.